The fourth-order valence-electron chi connectivity index (χ4n) is 3.11. The van der Waals surface area contributed by atoms with Crippen molar-refractivity contribution >= 4 is 22.6 Å². The first-order valence-corrected chi connectivity index (χ1v) is 7.93. The second-order valence-electron chi connectivity index (χ2n) is 5.77. The Kier molecular flexibility index (Phi) is 3.66. The molecule has 1 aromatic carbocycles. The predicted molar refractivity (Wildman–Crippen MR) is 92.6 cm³/mol. The van der Waals surface area contributed by atoms with E-state index in [1.807, 2.05) is 47.3 Å². The van der Waals surface area contributed by atoms with Gasteiger partial charge < -0.3 is 19.9 Å². The summed E-state index contributed by atoms with van der Waals surface area (Å²) in [5.41, 5.74) is 7.74. The number of amides is 1. The number of para-hydroxylation sites is 1. The van der Waals surface area contributed by atoms with E-state index in [0.29, 0.717) is 5.56 Å². The van der Waals surface area contributed by atoms with Crippen molar-refractivity contribution in [2.24, 2.45) is 5.73 Å². The maximum Gasteiger partial charge on any atom is 0.250 e. The maximum atomic E-state index is 11.7. The Morgan fingerprint density at radius 3 is 2.67 bits per heavy atom. The number of rotatable bonds is 3. The molecule has 1 aliphatic rings. The second kappa shape index (κ2) is 5.98. The average Bonchev–Trinajstić information content (AvgIpc) is 3.06. The zero-order valence-corrected chi connectivity index (χ0v) is 13.2. The molecule has 1 amide bonds. The van der Waals surface area contributed by atoms with Crippen LogP contribution in [0.25, 0.3) is 16.6 Å². The molecule has 0 atom stereocenters. The van der Waals surface area contributed by atoms with Crippen LogP contribution in [0, 0.1) is 0 Å². The van der Waals surface area contributed by atoms with Crippen LogP contribution in [0.15, 0.2) is 48.8 Å². The van der Waals surface area contributed by atoms with E-state index in [0.717, 1.165) is 48.7 Å². The molecule has 1 saturated heterocycles. The van der Waals surface area contributed by atoms with Gasteiger partial charge in [-0.15, -0.1) is 0 Å². The average molecular weight is 322 g/mol. The molecule has 2 aromatic heterocycles. The van der Waals surface area contributed by atoms with Gasteiger partial charge in [0.15, 0.2) is 0 Å². The van der Waals surface area contributed by atoms with E-state index < -0.39 is 5.91 Å². The molecule has 6 heteroatoms. The lowest BCUT2D eigenvalue weighted by atomic mass is 10.1. The second-order valence-corrected chi connectivity index (χ2v) is 5.77. The number of nitrogens with zero attached hydrogens (tertiary/aromatic N) is 3. The van der Waals surface area contributed by atoms with Gasteiger partial charge >= 0.3 is 0 Å². The molecule has 0 unspecified atom stereocenters. The van der Waals surface area contributed by atoms with Crippen LogP contribution in [0.4, 0.5) is 5.82 Å². The number of primary amides is 1. The fourth-order valence-corrected chi connectivity index (χ4v) is 3.11. The van der Waals surface area contributed by atoms with Crippen molar-refractivity contribution in [3.63, 3.8) is 0 Å². The van der Waals surface area contributed by atoms with Crippen molar-refractivity contribution in [2.45, 2.75) is 0 Å². The number of carbonyl (C=O) groups is 1. The molecule has 1 aliphatic heterocycles. The number of morpholine rings is 1. The number of pyridine rings is 1. The van der Waals surface area contributed by atoms with E-state index in [-0.39, 0.29) is 0 Å². The molecule has 0 saturated carbocycles. The van der Waals surface area contributed by atoms with Crippen molar-refractivity contribution in [1.82, 2.24) is 9.55 Å². The highest BCUT2D eigenvalue weighted by molar-refractivity contribution is 6.05. The van der Waals surface area contributed by atoms with Crippen molar-refractivity contribution in [2.75, 3.05) is 31.2 Å². The van der Waals surface area contributed by atoms with Crippen LogP contribution >= 0.6 is 0 Å². The topological polar surface area (TPSA) is 73.4 Å². The molecule has 3 aromatic rings. The summed E-state index contributed by atoms with van der Waals surface area (Å²) in [4.78, 5) is 18.5. The molecule has 0 radical (unpaired) electrons. The van der Waals surface area contributed by atoms with Gasteiger partial charge in [0.05, 0.1) is 36.2 Å². The number of benzene rings is 1. The van der Waals surface area contributed by atoms with Crippen LogP contribution in [0.3, 0.4) is 0 Å². The molecule has 6 nitrogen and oxygen atoms in total. The van der Waals surface area contributed by atoms with Crippen LogP contribution in [0.5, 0.6) is 0 Å². The number of hydrogen-bond donors (Lipinski definition) is 1. The predicted octanol–water partition coefficient (Wildman–Crippen LogP) is 1.96. The zero-order chi connectivity index (χ0) is 16.5. The highest BCUT2D eigenvalue weighted by Crippen LogP contribution is 2.24. The number of anilines is 1. The molecule has 0 bridgehead atoms. The Balaban J connectivity index is 1.74. The quantitative estimate of drug-likeness (QED) is 0.800. The summed E-state index contributed by atoms with van der Waals surface area (Å²) in [6, 6.07) is 11.5. The SMILES string of the molecule is NC(=O)c1cccc2ccn(-c3ccc(N4CCOCC4)nc3)c12. The Labute approximate surface area is 139 Å². The van der Waals surface area contributed by atoms with Gasteiger partial charge in [-0.3, -0.25) is 4.79 Å². The van der Waals surface area contributed by atoms with Gasteiger partial charge in [0.1, 0.15) is 5.82 Å². The summed E-state index contributed by atoms with van der Waals surface area (Å²) in [5.74, 6) is 0.507. The molecule has 0 aliphatic carbocycles. The van der Waals surface area contributed by atoms with E-state index in [2.05, 4.69) is 9.88 Å². The van der Waals surface area contributed by atoms with E-state index in [1.165, 1.54) is 0 Å². The molecule has 0 spiro atoms. The standard InChI is InChI=1S/C18H18N4O2/c19-18(23)15-3-1-2-13-6-7-22(17(13)15)14-4-5-16(20-12-14)21-8-10-24-11-9-21/h1-7,12H,8-11H2,(H2,19,23). The summed E-state index contributed by atoms with van der Waals surface area (Å²) >= 11 is 0. The van der Waals surface area contributed by atoms with Gasteiger partial charge in [-0.05, 0) is 24.3 Å². The highest BCUT2D eigenvalue weighted by Gasteiger charge is 2.14. The van der Waals surface area contributed by atoms with Crippen molar-refractivity contribution in [3.05, 3.63) is 54.4 Å². The molecule has 1 fully saturated rings. The largest absolute Gasteiger partial charge is 0.378 e. The van der Waals surface area contributed by atoms with E-state index in [9.17, 15) is 4.79 Å². The number of nitrogens with two attached hydrogens (primary N) is 1. The number of fused-ring (bicyclic) bond motifs is 1. The lowest BCUT2D eigenvalue weighted by Gasteiger charge is -2.27. The van der Waals surface area contributed by atoms with Gasteiger partial charge in [-0.2, -0.15) is 0 Å². The van der Waals surface area contributed by atoms with Gasteiger partial charge in [0.25, 0.3) is 5.91 Å². The summed E-state index contributed by atoms with van der Waals surface area (Å²) in [5, 5.41) is 0.976. The maximum absolute atomic E-state index is 11.7. The van der Waals surface area contributed by atoms with Crippen LogP contribution in [0.1, 0.15) is 10.4 Å². The molecular formula is C18H18N4O2. The van der Waals surface area contributed by atoms with Crippen molar-refractivity contribution in [3.8, 4) is 5.69 Å². The van der Waals surface area contributed by atoms with E-state index in [4.69, 9.17) is 10.5 Å². The van der Waals surface area contributed by atoms with Gasteiger partial charge in [0, 0.05) is 24.7 Å². The van der Waals surface area contributed by atoms with Crippen molar-refractivity contribution in [1.29, 1.82) is 0 Å². The fraction of sp³-hybridized carbons (Fsp3) is 0.222. The Hall–Kier alpha value is -2.86. The first-order chi connectivity index (χ1) is 11.7. The van der Waals surface area contributed by atoms with E-state index in [1.54, 1.807) is 6.07 Å². The number of carbonyl (C=O) groups excluding carboxylic acids is 1. The lowest BCUT2D eigenvalue weighted by Crippen LogP contribution is -2.36. The van der Waals surface area contributed by atoms with Gasteiger partial charge in [-0.1, -0.05) is 12.1 Å². The normalized spacial score (nSPS) is 14.9. The van der Waals surface area contributed by atoms with Gasteiger partial charge in [-0.25, -0.2) is 4.98 Å². The Bertz CT molecular complexity index is 880. The zero-order valence-electron chi connectivity index (χ0n) is 13.2. The smallest absolute Gasteiger partial charge is 0.250 e. The minimum absolute atomic E-state index is 0.432. The minimum atomic E-state index is -0.432. The third-order valence-electron chi connectivity index (χ3n) is 4.32. The van der Waals surface area contributed by atoms with E-state index >= 15 is 0 Å². The number of aromatic nitrogens is 2. The van der Waals surface area contributed by atoms with Crippen LogP contribution in [0.2, 0.25) is 0 Å². The summed E-state index contributed by atoms with van der Waals surface area (Å²) in [6.07, 6.45) is 3.75. The van der Waals surface area contributed by atoms with Gasteiger partial charge in [0.2, 0.25) is 0 Å². The Morgan fingerprint density at radius 1 is 1.12 bits per heavy atom. The molecule has 2 N–H and O–H groups in total. The van der Waals surface area contributed by atoms with Crippen LogP contribution < -0.4 is 10.6 Å². The van der Waals surface area contributed by atoms with Crippen LogP contribution in [-0.4, -0.2) is 41.8 Å². The first-order valence-electron chi connectivity index (χ1n) is 7.93. The first kappa shape index (κ1) is 14.7. The summed E-state index contributed by atoms with van der Waals surface area (Å²) < 4.78 is 7.32. The molecule has 4 rings (SSSR count). The molecule has 3 heterocycles. The third-order valence-corrected chi connectivity index (χ3v) is 4.32. The van der Waals surface area contributed by atoms with Crippen molar-refractivity contribution < 1.29 is 9.53 Å². The molecular weight excluding hydrogens is 304 g/mol. The Morgan fingerprint density at radius 2 is 1.96 bits per heavy atom. The summed E-state index contributed by atoms with van der Waals surface area (Å²) in [6.45, 7) is 3.16. The monoisotopic (exact) mass is 322 g/mol. The summed E-state index contributed by atoms with van der Waals surface area (Å²) in [7, 11) is 0. The van der Waals surface area contributed by atoms with Crippen LogP contribution in [-0.2, 0) is 4.74 Å². The number of ether oxygens (including phenoxy) is 1. The third kappa shape index (κ3) is 2.51. The number of hydrogen-bond acceptors (Lipinski definition) is 4. The molecule has 24 heavy (non-hydrogen) atoms. The highest BCUT2D eigenvalue weighted by atomic mass is 16.5. The lowest BCUT2D eigenvalue weighted by molar-refractivity contribution is 0.100. The minimum Gasteiger partial charge on any atom is -0.378 e. The molecule has 122 valence electrons.